The van der Waals surface area contributed by atoms with Gasteiger partial charge in [-0.3, -0.25) is 4.98 Å². The lowest BCUT2D eigenvalue weighted by atomic mass is 9.87. The van der Waals surface area contributed by atoms with E-state index in [1.54, 1.807) is 0 Å². The Bertz CT molecular complexity index is 3510. The first kappa shape index (κ1) is 30.9. The second-order valence-electron chi connectivity index (χ2n) is 14.6. The summed E-state index contributed by atoms with van der Waals surface area (Å²) in [7, 11) is 0. The molecule has 0 saturated heterocycles. The van der Waals surface area contributed by atoms with Gasteiger partial charge in [0.25, 0.3) is 0 Å². The van der Waals surface area contributed by atoms with E-state index in [0.29, 0.717) is 17.5 Å². The predicted molar refractivity (Wildman–Crippen MR) is 233 cm³/mol. The molecule has 4 heteroatoms. The molecule has 0 aliphatic rings. The quantitative estimate of drug-likeness (QED) is 0.171. The van der Waals surface area contributed by atoms with Crippen LogP contribution in [-0.4, -0.2) is 19.9 Å². The zero-order chi connectivity index (χ0) is 36.7. The van der Waals surface area contributed by atoms with Crippen LogP contribution in [0.5, 0.6) is 0 Å². The van der Waals surface area contributed by atoms with Crippen LogP contribution in [0.15, 0.2) is 182 Å². The maximum atomic E-state index is 5.24. The number of aromatic nitrogens is 4. The summed E-state index contributed by atoms with van der Waals surface area (Å²) in [4.78, 5) is 20.0. The number of pyridine rings is 1. The molecule has 0 atom stereocenters. The van der Waals surface area contributed by atoms with Gasteiger partial charge in [0, 0.05) is 28.3 Å². The first-order chi connectivity index (χ1) is 27.7. The minimum atomic E-state index is 0.632. The van der Waals surface area contributed by atoms with Gasteiger partial charge in [0.15, 0.2) is 17.5 Å². The third-order valence-corrected chi connectivity index (χ3v) is 11.4. The zero-order valence-electron chi connectivity index (χ0n) is 30.1. The van der Waals surface area contributed by atoms with Crippen molar-refractivity contribution in [2.24, 2.45) is 0 Å². The van der Waals surface area contributed by atoms with Crippen LogP contribution in [0.4, 0.5) is 0 Å². The minimum absolute atomic E-state index is 0.632. The standard InChI is InChI=1S/C52H30N4/c1-2-8-35(9-3-1)50-54-51(36-22-17-31(18-23-36)37-25-26-45-38(28-37)13-7-27-53-45)56-52(55-50)40-29-39-24-21-34-11-5-15-42-41-14-4-10-32-19-20-33-12-6-16-43(48(33)46(32)41)44(30-40)49(39)47(34)42/h1-30H. The van der Waals surface area contributed by atoms with Crippen LogP contribution in [0, 0.1) is 0 Å². The van der Waals surface area contributed by atoms with Crippen molar-refractivity contribution in [3.05, 3.63) is 182 Å². The van der Waals surface area contributed by atoms with E-state index in [1.165, 1.54) is 59.2 Å². The molecule has 0 saturated carbocycles. The van der Waals surface area contributed by atoms with E-state index in [9.17, 15) is 0 Å². The fourth-order valence-corrected chi connectivity index (χ4v) is 8.83. The molecule has 0 spiro atoms. The highest BCUT2D eigenvalue weighted by Crippen LogP contribution is 2.44. The number of nitrogens with zero attached hydrogens (tertiary/aromatic N) is 4. The van der Waals surface area contributed by atoms with Crippen LogP contribution in [0.3, 0.4) is 0 Å². The smallest absolute Gasteiger partial charge is 0.164 e. The van der Waals surface area contributed by atoms with Gasteiger partial charge in [0.05, 0.1) is 5.52 Å². The van der Waals surface area contributed by atoms with Crippen molar-refractivity contribution < 1.29 is 0 Å². The molecule has 0 radical (unpaired) electrons. The molecule has 12 aromatic rings. The van der Waals surface area contributed by atoms with Crippen LogP contribution in [0.1, 0.15) is 0 Å². The summed E-state index contributed by atoms with van der Waals surface area (Å²) in [6.45, 7) is 0. The van der Waals surface area contributed by atoms with Crippen LogP contribution >= 0.6 is 0 Å². The molecule has 4 nitrogen and oxygen atoms in total. The largest absolute Gasteiger partial charge is 0.256 e. The van der Waals surface area contributed by atoms with E-state index in [4.69, 9.17) is 15.0 Å². The summed E-state index contributed by atoms with van der Waals surface area (Å²) in [5.41, 5.74) is 6.06. The topological polar surface area (TPSA) is 51.6 Å². The summed E-state index contributed by atoms with van der Waals surface area (Å²) in [5, 5.41) is 16.0. The van der Waals surface area contributed by atoms with E-state index in [1.807, 2.05) is 30.5 Å². The number of hydrogen-bond acceptors (Lipinski definition) is 4. The van der Waals surface area contributed by atoms with Crippen molar-refractivity contribution in [2.75, 3.05) is 0 Å². The Labute approximate surface area is 321 Å². The molecule has 2 aromatic heterocycles. The van der Waals surface area contributed by atoms with Crippen molar-refractivity contribution >= 4 is 75.5 Å². The zero-order valence-corrected chi connectivity index (χ0v) is 30.1. The normalized spacial score (nSPS) is 11.9. The summed E-state index contributed by atoms with van der Waals surface area (Å²) in [6, 6.07) is 62.9. The average molecular weight is 711 g/mol. The van der Waals surface area contributed by atoms with Gasteiger partial charge in [-0.1, -0.05) is 146 Å². The SMILES string of the molecule is c1ccc(-c2nc(-c3ccc(-c4ccc5ncccc5c4)cc3)nc(-c3cc4ccc5cccc6c7cccc8ccc9cccc(c(c3)c4c56)c9c87)n2)cc1. The second-order valence-corrected chi connectivity index (χ2v) is 14.6. The van der Waals surface area contributed by atoms with Gasteiger partial charge < -0.3 is 0 Å². The molecular formula is C52H30N4. The molecule has 0 unspecified atom stereocenters. The maximum Gasteiger partial charge on any atom is 0.164 e. The van der Waals surface area contributed by atoms with Gasteiger partial charge in [0.2, 0.25) is 0 Å². The lowest BCUT2D eigenvalue weighted by Gasteiger charge is -2.17. The second kappa shape index (κ2) is 12.0. The Morgan fingerprint density at radius 3 is 1.39 bits per heavy atom. The molecule has 0 amide bonds. The van der Waals surface area contributed by atoms with Crippen molar-refractivity contribution in [1.82, 2.24) is 19.9 Å². The van der Waals surface area contributed by atoms with Crippen LogP contribution in [0.2, 0.25) is 0 Å². The van der Waals surface area contributed by atoms with Gasteiger partial charge in [-0.05, 0) is 106 Å². The summed E-state index contributed by atoms with van der Waals surface area (Å²) >= 11 is 0. The summed E-state index contributed by atoms with van der Waals surface area (Å²) < 4.78 is 0. The molecule has 12 rings (SSSR count). The van der Waals surface area contributed by atoms with Crippen molar-refractivity contribution in [1.29, 1.82) is 0 Å². The Balaban J connectivity index is 1.12. The monoisotopic (exact) mass is 710 g/mol. The Kier molecular flexibility index (Phi) is 6.60. The molecule has 0 N–H and O–H groups in total. The van der Waals surface area contributed by atoms with E-state index >= 15 is 0 Å². The number of fused-ring (bicyclic) bond motifs is 3. The van der Waals surface area contributed by atoms with Crippen molar-refractivity contribution in [3.63, 3.8) is 0 Å². The highest BCUT2D eigenvalue weighted by Gasteiger charge is 2.18. The fourth-order valence-electron chi connectivity index (χ4n) is 8.83. The molecule has 0 bridgehead atoms. The molecule has 10 aromatic carbocycles. The van der Waals surface area contributed by atoms with Crippen molar-refractivity contribution in [3.8, 4) is 45.3 Å². The first-order valence-electron chi connectivity index (χ1n) is 19.0. The van der Waals surface area contributed by atoms with E-state index in [-0.39, 0.29) is 0 Å². The Morgan fingerprint density at radius 2 is 0.750 bits per heavy atom. The molecule has 56 heavy (non-hydrogen) atoms. The van der Waals surface area contributed by atoms with Gasteiger partial charge >= 0.3 is 0 Å². The first-order valence-corrected chi connectivity index (χ1v) is 19.0. The molecule has 0 fully saturated rings. The third kappa shape index (κ3) is 4.73. The molecule has 0 aliphatic heterocycles. The fraction of sp³-hybridized carbons (Fsp3) is 0. The van der Waals surface area contributed by atoms with Crippen LogP contribution < -0.4 is 0 Å². The van der Waals surface area contributed by atoms with Gasteiger partial charge in [0.1, 0.15) is 0 Å². The van der Waals surface area contributed by atoms with Crippen LogP contribution in [0.25, 0.3) is 121 Å². The van der Waals surface area contributed by atoms with E-state index < -0.39 is 0 Å². The third-order valence-electron chi connectivity index (χ3n) is 11.4. The Morgan fingerprint density at radius 1 is 0.268 bits per heavy atom. The number of hydrogen-bond donors (Lipinski definition) is 0. The van der Waals surface area contributed by atoms with Gasteiger partial charge in [-0.25, -0.2) is 15.0 Å². The van der Waals surface area contributed by atoms with E-state index in [0.717, 1.165) is 44.1 Å². The van der Waals surface area contributed by atoms with Crippen molar-refractivity contribution in [2.45, 2.75) is 0 Å². The highest BCUT2D eigenvalue weighted by atomic mass is 15.0. The van der Waals surface area contributed by atoms with Gasteiger partial charge in [-0.2, -0.15) is 0 Å². The van der Waals surface area contributed by atoms with Gasteiger partial charge in [-0.15, -0.1) is 0 Å². The number of benzene rings is 9. The average Bonchev–Trinajstić information content (AvgIpc) is 3.27. The highest BCUT2D eigenvalue weighted by molar-refractivity contribution is 6.37. The predicted octanol–water partition coefficient (Wildman–Crippen LogP) is 13.4. The Hall–Kier alpha value is -7.56. The van der Waals surface area contributed by atoms with Crippen LogP contribution in [-0.2, 0) is 0 Å². The minimum Gasteiger partial charge on any atom is -0.256 e. The summed E-state index contributed by atoms with van der Waals surface area (Å²) in [6.07, 6.45) is 1.83. The lowest BCUT2D eigenvalue weighted by Crippen LogP contribution is -2.00. The molecule has 258 valence electrons. The van der Waals surface area contributed by atoms with E-state index in [2.05, 4.69) is 157 Å². The maximum absolute atomic E-state index is 5.24. The molecular weight excluding hydrogens is 681 g/mol. The number of rotatable bonds is 4. The summed E-state index contributed by atoms with van der Waals surface area (Å²) in [5.74, 6) is 1.91. The molecule has 0 aliphatic carbocycles. The lowest BCUT2D eigenvalue weighted by molar-refractivity contribution is 1.07. The molecule has 2 heterocycles.